The van der Waals surface area contributed by atoms with Crippen molar-refractivity contribution in [2.45, 2.75) is 45.1 Å². The molecule has 0 fully saturated rings. The van der Waals surface area contributed by atoms with Gasteiger partial charge in [0, 0.05) is 9.75 Å². The largest absolute Gasteiger partial charge is 0.271 e. The molecule has 0 aliphatic heterocycles. The van der Waals surface area contributed by atoms with Crippen molar-refractivity contribution >= 4 is 11.3 Å². The van der Waals surface area contributed by atoms with E-state index < -0.39 is 0 Å². The average molecular weight is 286 g/mol. The number of fused-ring (bicyclic) bond motifs is 1. The number of rotatable bonds is 4. The van der Waals surface area contributed by atoms with E-state index in [4.69, 9.17) is 5.84 Å². The highest BCUT2D eigenvalue weighted by molar-refractivity contribution is 7.12. The first-order chi connectivity index (χ1) is 9.81. The topological polar surface area (TPSA) is 38.0 Å². The van der Waals surface area contributed by atoms with Gasteiger partial charge in [-0.3, -0.25) is 5.84 Å². The molecule has 3 rings (SSSR count). The van der Waals surface area contributed by atoms with Crippen LogP contribution in [0.5, 0.6) is 0 Å². The minimum Gasteiger partial charge on any atom is -0.271 e. The van der Waals surface area contributed by atoms with Crippen LogP contribution in [0.2, 0.25) is 0 Å². The molecule has 20 heavy (non-hydrogen) atoms. The van der Waals surface area contributed by atoms with Crippen molar-refractivity contribution in [1.29, 1.82) is 0 Å². The predicted molar refractivity (Wildman–Crippen MR) is 85.9 cm³/mol. The van der Waals surface area contributed by atoms with Gasteiger partial charge in [0.2, 0.25) is 0 Å². The van der Waals surface area contributed by atoms with E-state index in [9.17, 15) is 0 Å². The number of nitrogens with two attached hydrogens (primary N) is 1. The molecule has 1 aliphatic carbocycles. The zero-order chi connectivity index (χ0) is 13.9. The molecule has 0 saturated carbocycles. The van der Waals surface area contributed by atoms with Crippen LogP contribution in [0, 0.1) is 0 Å². The van der Waals surface area contributed by atoms with E-state index in [1.54, 1.807) is 10.4 Å². The number of hydrazine groups is 1. The van der Waals surface area contributed by atoms with E-state index in [1.807, 2.05) is 11.3 Å². The van der Waals surface area contributed by atoms with Gasteiger partial charge in [0.15, 0.2) is 0 Å². The molecule has 0 radical (unpaired) electrons. The van der Waals surface area contributed by atoms with E-state index in [-0.39, 0.29) is 6.04 Å². The molecule has 3 N–H and O–H groups in total. The summed E-state index contributed by atoms with van der Waals surface area (Å²) >= 11 is 1.93. The molecule has 1 heterocycles. The number of thiophene rings is 1. The van der Waals surface area contributed by atoms with Crippen LogP contribution in [0.4, 0.5) is 0 Å². The van der Waals surface area contributed by atoms with Gasteiger partial charge in [-0.2, -0.15) is 0 Å². The first kappa shape index (κ1) is 13.8. The highest BCUT2D eigenvalue weighted by atomic mass is 32.1. The van der Waals surface area contributed by atoms with Gasteiger partial charge >= 0.3 is 0 Å². The van der Waals surface area contributed by atoms with Crippen LogP contribution in [0.1, 0.15) is 52.3 Å². The third-order valence-electron chi connectivity index (χ3n) is 4.16. The van der Waals surface area contributed by atoms with Crippen molar-refractivity contribution in [3.05, 3.63) is 56.8 Å². The van der Waals surface area contributed by atoms with Crippen LogP contribution in [0.3, 0.4) is 0 Å². The Labute approximate surface area is 125 Å². The maximum absolute atomic E-state index is 5.84. The molecule has 106 valence electrons. The van der Waals surface area contributed by atoms with Crippen LogP contribution >= 0.6 is 11.3 Å². The summed E-state index contributed by atoms with van der Waals surface area (Å²) in [5, 5.41) is 0. The highest BCUT2D eigenvalue weighted by Crippen LogP contribution is 2.35. The minimum atomic E-state index is 0.122. The number of hydrogen-bond acceptors (Lipinski definition) is 3. The maximum Gasteiger partial charge on any atom is 0.0802 e. The Balaban J connectivity index is 1.94. The second-order valence-electron chi connectivity index (χ2n) is 5.50. The van der Waals surface area contributed by atoms with Crippen LogP contribution in [-0.4, -0.2) is 0 Å². The highest BCUT2D eigenvalue weighted by Gasteiger charge is 2.19. The Morgan fingerprint density at radius 1 is 1.25 bits per heavy atom. The van der Waals surface area contributed by atoms with Gasteiger partial charge in [-0.05, 0) is 54.9 Å². The van der Waals surface area contributed by atoms with E-state index in [0.29, 0.717) is 0 Å². The van der Waals surface area contributed by atoms with E-state index in [1.165, 1.54) is 41.7 Å². The Morgan fingerprint density at radius 2 is 2.10 bits per heavy atom. The van der Waals surface area contributed by atoms with Crippen molar-refractivity contribution in [3.8, 4) is 0 Å². The lowest BCUT2D eigenvalue weighted by Crippen LogP contribution is -2.28. The first-order valence-electron chi connectivity index (χ1n) is 7.48. The SMILES string of the molecule is CCc1cccc(C(NN)c2cc3c(s2)CCCC3)c1. The smallest absolute Gasteiger partial charge is 0.0802 e. The van der Waals surface area contributed by atoms with Crippen LogP contribution in [0.25, 0.3) is 0 Å². The zero-order valence-corrected chi connectivity index (χ0v) is 12.8. The third-order valence-corrected chi connectivity index (χ3v) is 5.46. The number of aryl methyl sites for hydroxylation is 3. The second-order valence-corrected chi connectivity index (χ2v) is 6.67. The van der Waals surface area contributed by atoms with E-state index >= 15 is 0 Å². The molecule has 0 saturated heterocycles. The lowest BCUT2D eigenvalue weighted by molar-refractivity contribution is 0.644. The summed E-state index contributed by atoms with van der Waals surface area (Å²) in [4.78, 5) is 2.92. The normalized spacial score (nSPS) is 15.9. The molecule has 1 unspecified atom stereocenters. The molecule has 1 aliphatic rings. The molecule has 2 aromatic rings. The molecule has 3 heteroatoms. The van der Waals surface area contributed by atoms with Gasteiger partial charge in [0.05, 0.1) is 6.04 Å². The number of nitrogens with one attached hydrogen (secondary N) is 1. The summed E-state index contributed by atoms with van der Waals surface area (Å²) in [6.07, 6.45) is 6.20. The minimum absolute atomic E-state index is 0.122. The van der Waals surface area contributed by atoms with Gasteiger partial charge in [0.1, 0.15) is 0 Å². The lowest BCUT2D eigenvalue weighted by Gasteiger charge is -2.15. The van der Waals surface area contributed by atoms with Crippen LogP contribution < -0.4 is 11.3 Å². The second kappa shape index (κ2) is 6.08. The summed E-state index contributed by atoms with van der Waals surface area (Å²) < 4.78 is 0. The molecule has 1 atom stereocenters. The molecule has 0 bridgehead atoms. The molecule has 1 aromatic carbocycles. The molecule has 0 amide bonds. The fourth-order valence-electron chi connectivity index (χ4n) is 2.99. The molecule has 1 aromatic heterocycles. The summed E-state index contributed by atoms with van der Waals surface area (Å²) in [5.74, 6) is 5.84. The molecular formula is C17H22N2S. The van der Waals surface area contributed by atoms with Crippen molar-refractivity contribution in [2.75, 3.05) is 0 Å². The van der Waals surface area contributed by atoms with E-state index in [2.05, 4.69) is 42.7 Å². The quantitative estimate of drug-likeness (QED) is 0.663. The summed E-state index contributed by atoms with van der Waals surface area (Å²) in [7, 11) is 0. The van der Waals surface area contributed by atoms with Crippen molar-refractivity contribution < 1.29 is 0 Å². The van der Waals surface area contributed by atoms with Gasteiger partial charge < -0.3 is 0 Å². The van der Waals surface area contributed by atoms with Crippen molar-refractivity contribution in [1.82, 2.24) is 5.43 Å². The van der Waals surface area contributed by atoms with Crippen molar-refractivity contribution in [3.63, 3.8) is 0 Å². The van der Waals surface area contributed by atoms with Crippen molar-refractivity contribution in [2.24, 2.45) is 5.84 Å². The summed E-state index contributed by atoms with van der Waals surface area (Å²) in [6, 6.07) is 11.2. The Bertz CT molecular complexity index is 565. The Hall–Kier alpha value is -1.16. The van der Waals surface area contributed by atoms with Gasteiger partial charge in [0.25, 0.3) is 0 Å². The van der Waals surface area contributed by atoms with Crippen LogP contribution in [-0.2, 0) is 19.3 Å². The fourth-order valence-corrected chi connectivity index (χ4v) is 4.34. The third kappa shape index (κ3) is 2.66. The summed E-state index contributed by atoms with van der Waals surface area (Å²) in [6.45, 7) is 2.19. The van der Waals surface area contributed by atoms with Gasteiger partial charge in [-0.25, -0.2) is 5.43 Å². The van der Waals surface area contributed by atoms with Gasteiger partial charge in [-0.15, -0.1) is 11.3 Å². The average Bonchev–Trinajstić information content (AvgIpc) is 2.91. The maximum atomic E-state index is 5.84. The standard InChI is InChI=1S/C17H22N2S/c1-2-12-6-5-8-14(10-12)17(19-18)16-11-13-7-3-4-9-15(13)20-16/h5-6,8,10-11,17,19H,2-4,7,9,18H2,1H3. The van der Waals surface area contributed by atoms with Crippen LogP contribution in [0.15, 0.2) is 30.3 Å². The molecule has 2 nitrogen and oxygen atoms in total. The first-order valence-corrected chi connectivity index (χ1v) is 8.30. The monoisotopic (exact) mass is 286 g/mol. The number of benzene rings is 1. The zero-order valence-electron chi connectivity index (χ0n) is 12.0. The lowest BCUT2D eigenvalue weighted by atomic mass is 9.97. The van der Waals surface area contributed by atoms with Gasteiger partial charge in [-0.1, -0.05) is 31.2 Å². The Kier molecular flexibility index (Phi) is 4.20. The fraction of sp³-hybridized carbons (Fsp3) is 0.412. The number of hydrogen-bond donors (Lipinski definition) is 2. The predicted octanol–water partition coefficient (Wildman–Crippen LogP) is 3.74. The molecular weight excluding hydrogens is 264 g/mol. The Morgan fingerprint density at radius 3 is 2.85 bits per heavy atom. The molecule has 0 spiro atoms. The summed E-state index contributed by atoms with van der Waals surface area (Å²) in [5.41, 5.74) is 7.18. The van der Waals surface area contributed by atoms with E-state index in [0.717, 1.165) is 6.42 Å².